The zero-order valence-electron chi connectivity index (χ0n) is 12.5. The summed E-state index contributed by atoms with van der Waals surface area (Å²) < 4.78 is 10.4. The van der Waals surface area contributed by atoms with Gasteiger partial charge in [0.05, 0.1) is 24.4 Å². The number of aromatic nitrogens is 1. The van der Waals surface area contributed by atoms with Crippen LogP contribution in [-0.2, 0) is 9.47 Å². The Labute approximate surface area is 125 Å². The van der Waals surface area contributed by atoms with E-state index in [0.29, 0.717) is 18.9 Å². The Morgan fingerprint density at radius 2 is 2.05 bits per heavy atom. The molecule has 0 aliphatic heterocycles. The Morgan fingerprint density at radius 3 is 2.90 bits per heavy atom. The first kappa shape index (κ1) is 15.5. The van der Waals surface area contributed by atoms with Crippen molar-refractivity contribution in [3.8, 4) is 0 Å². The SMILES string of the molecule is COCCOCCCCNc1ccc(N)c2ncccc12. The van der Waals surface area contributed by atoms with Crippen LogP contribution in [0, 0.1) is 0 Å². The first-order valence-corrected chi connectivity index (χ1v) is 7.26. The highest BCUT2D eigenvalue weighted by molar-refractivity contribution is 5.98. The lowest BCUT2D eigenvalue weighted by molar-refractivity contribution is 0.0691. The van der Waals surface area contributed by atoms with E-state index in [9.17, 15) is 0 Å². The molecule has 114 valence electrons. The fourth-order valence-electron chi connectivity index (χ4n) is 2.15. The van der Waals surface area contributed by atoms with Gasteiger partial charge in [-0.05, 0) is 37.1 Å². The lowest BCUT2D eigenvalue weighted by Crippen LogP contribution is -2.06. The van der Waals surface area contributed by atoms with Crippen molar-refractivity contribution < 1.29 is 9.47 Å². The van der Waals surface area contributed by atoms with Crippen LogP contribution in [0.3, 0.4) is 0 Å². The maximum absolute atomic E-state index is 5.94. The first-order chi connectivity index (χ1) is 10.3. The highest BCUT2D eigenvalue weighted by atomic mass is 16.5. The van der Waals surface area contributed by atoms with Gasteiger partial charge in [-0.25, -0.2) is 0 Å². The summed E-state index contributed by atoms with van der Waals surface area (Å²) in [5.74, 6) is 0. The van der Waals surface area contributed by atoms with Crippen LogP contribution in [0.25, 0.3) is 10.9 Å². The van der Waals surface area contributed by atoms with Gasteiger partial charge in [-0.1, -0.05) is 0 Å². The smallest absolute Gasteiger partial charge is 0.0951 e. The Kier molecular flexibility index (Phi) is 6.24. The molecule has 3 N–H and O–H groups in total. The van der Waals surface area contributed by atoms with Crippen molar-refractivity contribution in [2.75, 3.05) is 44.5 Å². The summed E-state index contributed by atoms with van der Waals surface area (Å²) in [6.45, 7) is 3.00. The first-order valence-electron chi connectivity index (χ1n) is 7.26. The molecule has 1 aromatic heterocycles. The molecule has 5 heteroatoms. The molecule has 0 saturated carbocycles. The molecule has 0 amide bonds. The highest BCUT2D eigenvalue weighted by Crippen LogP contribution is 2.26. The number of nitrogen functional groups attached to an aromatic ring is 1. The molecular formula is C16H23N3O2. The molecule has 0 radical (unpaired) electrons. The third-order valence-corrected chi connectivity index (χ3v) is 3.26. The van der Waals surface area contributed by atoms with Gasteiger partial charge in [0.25, 0.3) is 0 Å². The number of anilines is 2. The Balaban J connectivity index is 1.78. The number of nitrogens with one attached hydrogen (secondary N) is 1. The molecule has 2 aromatic rings. The van der Waals surface area contributed by atoms with E-state index in [1.165, 1.54) is 0 Å². The zero-order valence-corrected chi connectivity index (χ0v) is 12.5. The number of benzene rings is 1. The number of fused-ring (bicyclic) bond motifs is 1. The quantitative estimate of drug-likeness (QED) is 0.548. The Morgan fingerprint density at radius 1 is 1.14 bits per heavy atom. The zero-order chi connectivity index (χ0) is 14.9. The van der Waals surface area contributed by atoms with Gasteiger partial charge in [-0.3, -0.25) is 4.98 Å². The molecule has 0 spiro atoms. The third-order valence-electron chi connectivity index (χ3n) is 3.26. The van der Waals surface area contributed by atoms with Crippen molar-refractivity contribution in [2.45, 2.75) is 12.8 Å². The number of methoxy groups -OCH3 is 1. The van der Waals surface area contributed by atoms with Crippen LogP contribution in [0.5, 0.6) is 0 Å². The summed E-state index contributed by atoms with van der Waals surface area (Å²) in [4.78, 5) is 4.33. The van der Waals surface area contributed by atoms with Gasteiger partial charge in [0, 0.05) is 37.5 Å². The normalized spacial score (nSPS) is 10.9. The van der Waals surface area contributed by atoms with Crippen molar-refractivity contribution in [3.05, 3.63) is 30.5 Å². The number of ether oxygens (including phenoxy) is 2. The molecule has 21 heavy (non-hydrogen) atoms. The van der Waals surface area contributed by atoms with Crippen LogP contribution in [0.15, 0.2) is 30.5 Å². The van der Waals surface area contributed by atoms with Crippen molar-refractivity contribution in [3.63, 3.8) is 0 Å². The second-order valence-corrected chi connectivity index (χ2v) is 4.84. The monoisotopic (exact) mass is 289 g/mol. The standard InChI is InChI=1S/C16H23N3O2/c1-20-11-12-21-10-3-2-8-18-15-7-6-14(17)16-13(15)5-4-9-19-16/h4-7,9,18H,2-3,8,10-12,17H2,1H3. The summed E-state index contributed by atoms with van der Waals surface area (Å²) in [6, 6.07) is 7.87. The van der Waals surface area contributed by atoms with Gasteiger partial charge in [-0.2, -0.15) is 0 Å². The molecule has 0 bridgehead atoms. The predicted molar refractivity (Wildman–Crippen MR) is 86.6 cm³/mol. The van der Waals surface area contributed by atoms with Crippen molar-refractivity contribution >= 4 is 22.3 Å². The number of nitrogens with zero attached hydrogens (tertiary/aromatic N) is 1. The van der Waals surface area contributed by atoms with E-state index < -0.39 is 0 Å². The fraction of sp³-hybridized carbons (Fsp3) is 0.438. The Hall–Kier alpha value is -1.85. The van der Waals surface area contributed by atoms with Gasteiger partial charge in [0.15, 0.2) is 0 Å². The highest BCUT2D eigenvalue weighted by Gasteiger charge is 2.03. The molecule has 0 unspecified atom stereocenters. The van der Waals surface area contributed by atoms with E-state index in [0.717, 1.165) is 42.6 Å². The van der Waals surface area contributed by atoms with Crippen molar-refractivity contribution in [1.29, 1.82) is 0 Å². The minimum absolute atomic E-state index is 0.655. The van der Waals surface area contributed by atoms with E-state index in [2.05, 4.69) is 10.3 Å². The van der Waals surface area contributed by atoms with Gasteiger partial charge >= 0.3 is 0 Å². The van der Waals surface area contributed by atoms with Crippen LogP contribution in [0.1, 0.15) is 12.8 Å². The number of rotatable bonds is 9. The molecule has 5 nitrogen and oxygen atoms in total. The Bertz CT molecular complexity index is 560. The van der Waals surface area contributed by atoms with E-state index in [-0.39, 0.29) is 0 Å². The van der Waals surface area contributed by atoms with Crippen LogP contribution in [0.2, 0.25) is 0 Å². The third kappa shape index (κ3) is 4.58. The minimum atomic E-state index is 0.655. The van der Waals surface area contributed by atoms with Crippen LogP contribution in [0.4, 0.5) is 11.4 Å². The van der Waals surface area contributed by atoms with E-state index in [1.807, 2.05) is 24.3 Å². The lowest BCUT2D eigenvalue weighted by Gasteiger charge is -2.10. The molecule has 0 fully saturated rings. The number of hydrogen-bond acceptors (Lipinski definition) is 5. The van der Waals surface area contributed by atoms with Crippen LogP contribution >= 0.6 is 0 Å². The van der Waals surface area contributed by atoms with Crippen LogP contribution < -0.4 is 11.1 Å². The van der Waals surface area contributed by atoms with Gasteiger partial charge in [-0.15, -0.1) is 0 Å². The van der Waals surface area contributed by atoms with E-state index >= 15 is 0 Å². The van der Waals surface area contributed by atoms with Gasteiger partial charge in [0.2, 0.25) is 0 Å². The minimum Gasteiger partial charge on any atom is -0.397 e. The summed E-state index contributed by atoms with van der Waals surface area (Å²) in [7, 11) is 1.68. The largest absolute Gasteiger partial charge is 0.397 e. The maximum atomic E-state index is 5.94. The summed E-state index contributed by atoms with van der Waals surface area (Å²) >= 11 is 0. The average molecular weight is 289 g/mol. The lowest BCUT2D eigenvalue weighted by atomic mass is 10.1. The summed E-state index contributed by atoms with van der Waals surface area (Å²) in [5, 5.41) is 4.50. The molecule has 0 aliphatic rings. The van der Waals surface area contributed by atoms with E-state index in [1.54, 1.807) is 13.3 Å². The summed E-state index contributed by atoms with van der Waals surface area (Å²) in [6.07, 6.45) is 3.85. The molecule has 1 aromatic carbocycles. The molecule has 0 atom stereocenters. The molecular weight excluding hydrogens is 266 g/mol. The summed E-state index contributed by atoms with van der Waals surface area (Å²) in [5.41, 5.74) is 8.58. The van der Waals surface area contributed by atoms with Gasteiger partial charge < -0.3 is 20.5 Å². The van der Waals surface area contributed by atoms with E-state index in [4.69, 9.17) is 15.2 Å². The predicted octanol–water partition coefficient (Wildman–Crippen LogP) is 2.67. The molecule has 0 aliphatic carbocycles. The molecule has 2 rings (SSSR count). The second-order valence-electron chi connectivity index (χ2n) is 4.84. The number of pyridine rings is 1. The molecule has 0 saturated heterocycles. The molecule has 1 heterocycles. The van der Waals surface area contributed by atoms with Crippen molar-refractivity contribution in [2.24, 2.45) is 0 Å². The maximum Gasteiger partial charge on any atom is 0.0951 e. The van der Waals surface area contributed by atoms with Crippen LogP contribution in [-0.4, -0.2) is 38.5 Å². The van der Waals surface area contributed by atoms with Gasteiger partial charge in [0.1, 0.15) is 0 Å². The number of unbranched alkanes of at least 4 members (excludes halogenated alkanes) is 1. The van der Waals surface area contributed by atoms with Crippen molar-refractivity contribution in [1.82, 2.24) is 4.98 Å². The average Bonchev–Trinajstić information content (AvgIpc) is 2.52. The number of nitrogens with two attached hydrogens (primary N) is 1. The number of hydrogen-bond donors (Lipinski definition) is 2. The topological polar surface area (TPSA) is 69.4 Å². The fourth-order valence-corrected chi connectivity index (χ4v) is 2.15. The second kappa shape index (κ2) is 8.44.